The Hall–Kier alpha value is -2.64. The Labute approximate surface area is 174 Å². The zero-order chi connectivity index (χ0) is 20.1. The third-order valence-electron chi connectivity index (χ3n) is 4.96. The number of nitrogens with zero attached hydrogens (tertiary/aromatic N) is 3. The summed E-state index contributed by atoms with van der Waals surface area (Å²) in [6.07, 6.45) is 2.83. The van der Waals surface area contributed by atoms with Crippen LogP contribution in [0.2, 0.25) is 0 Å². The molecule has 1 fully saturated rings. The molecule has 1 N–H and O–H groups in total. The Kier molecular flexibility index (Phi) is 6.27. The number of ether oxygens (including phenoxy) is 1. The average molecular weight is 409 g/mol. The van der Waals surface area contributed by atoms with Crippen LogP contribution >= 0.6 is 11.8 Å². The molecule has 6 nitrogen and oxygen atoms in total. The van der Waals surface area contributed by atoms with E-state index in [4.69, 9.17) is 4.74 Å². The highest BCUT2D eigenvalue weighted by Gasteiger charge is 2.19. The van der Waals surface area contributed by atoms with E-state index >= 15 is 0 Å². The molecule has 0 unspecified atom stereocenters. The lowest BCUT2D eigenvalue weighted by Crippen LogP contribution is -2.37. The van der Waals surface area contributed by atoms with Gasteiger partial charge in [-0.15, -0.1) is 11.8 Å². The molecule has 1 aliphatic heterocycles. The van der Waals surface area contributed by atoms with Gasteiger partial charge < -0.3 is 15.0 Å². The van der Waals surface area contributed by atoms with Crippen LogP contribution in [0.5, 0.6) is 0 Å². The van der Waals surface area contributed by atoms with Crippen LogP contribution in [-0.4, -0.2) is 55.0 Å². The first-order chi connectivity index (χ1) is 14.2. The fourth-order valence-electron chi connectivity index (χ4n) is 3.37. The molecule has 1 saturated heterocycles. The van der Waals surface area contributed by atoms with Crippen molar-refractivity contribution < 1.29 is 9.53 Å². The molecule has 0 atom stereocenters. The summed E-state index contributed by atoms with van der Waals surface area (Å²) in [5.74, 6) is 0.769. The van der Waals surface area contributed by atoms with E-state index < -0.39 is 0 Å². The van der Waals surface area contributed by atoms with Crippen molar-refractivity contribution >= 4 is 34.4 Å². The molecule has 0 bridgehead atoms. The second-order valence-electron chi connectivity index (χ2n) is 6.84. The maximum absolute atomic E-state index is 12.7. The number of rotatable bonds is 6. The number of morpholine rings is 1. The van der Waals surface area contributed by atoms with Crippen LogP contribution < -0.4 is 10.2 Å². The third kappa shape index (κ3) is 4.68. The third-order valence-corrected chi connectivity index (χ3v) is 5.70. The minimum absolute atomic E-state index is 0.211. The van der Waals surface area contributed by atoms with Gasteiger partial charge in [0.15, 0.2) is 0 Å². The number of carbonyl (C=O) groups excluding carboxylic acids is 1. The van der Waals surface area contributed by atoms with Crippen molar-refractivity contribution in [2.75, 3.05) is 44.0 Å². The second-order valence-corrected chi connectivity index (χ2v) is 7.72. The topological polar surface area (TPSA) is 67.4 Å². The van der Waals surface area contributed by atoms with Crippen LogP contribution in [0.3, 0.4) is 0 Å². The van der Waals surface area contributed by atoms with Crippen molar-refractivity contribution in [3.8, 4) is 0 Å². The number of hydrogen-bond acceptors (Lipinski definition) is 6. The lowest BCUT2D eigenvalue weighted by atomic mass is 10.1. The van der Waals surface area contributed by atoms with Gasteiger partial charge >= 0.3 is 0 Å². The molecule has 150 valence electrons. The molecule has 7 heteroatoms. The molecule has 29 heavy (non-hydrogen) atoms. The van der Waals surface area contributed by atoms with Crippen molar-refractivity contribution in [2.24, 2.45) is 0 Å². The lowest BCUT2D eigenvalue weighted by Gasteiger charge is -2.28. The first kappa shape index (κ1) is 19.7. The fraction of sp³-hybridized carbons (Fsp3) is 0.318. The van der Waals surface area contributed by atoms with Crippen LogP contribution in [0.15, 0.2) is 53.4 Å². The lowest BCUT2D eigenvalue weighted by molar-refractivity contribution is 0.0944. The first-order valence-corrected chi connectivity index (χ1v) is 11.0. The molecule has 0 radical (unpaired) electrons. The van der Waals surface area contributed by atoms with Crippen LogP contribution in [0.4, 0.5) is 5.82 Å². The Bertz CT molecular complexity index is 988. The Morgan fingerprint density at radius 1 is 1.10 bits per heavy atom. The molecule has 0 aliphatic carbocycles. The number of nitrogens with one attached hydrogen (secondary N) is 1. The normalized spacial score (nSPS) is 14.2. The summed E-state index contributed by atoms with van der Waals surface area (Å²) in [5, 5.41) is 3.92. The van der Waals surface area contributed by atoms with E-state index in [1.54, 1.807) is 11.8 Å². The van der Waals surface area contributed by atoms with Crippen molar-refractivity contribution in [2.45, 2.75) is 11.3 Å². The van der Waals surface area contributed by atoms with Crippen molar-refractivity contribution in [3.63, 3.8) is 0 Å². The molecule has 2 aromatic carbocycles. The Balaban J connectivity index is 1.49. The fourth-order valence-corrected chi connectivity index (χ4v) is 3.78. The summed E-state index contributed by atoms with van der Waals surface area (Å²) in [5.41, 5.74) is 1.97. The van der Waals surface area contributed by atoms with E-state index in [-0.39, 0.29) is 11.7 Å². The van der Waals surface area contributed by atoms with Crippen LogP contribution in [0, 0.1) is 0 Å². The molecule has 0 spiro atoms. The van der Waals surface area contributed by atoms with Crippen molar-refractivity contribution in [3.05, 3.63) is 59.9 Å². The molecular formula is C22H24N4O2S. The number of fused-ring (bicyclic) bond motifs is 1. The number of anilines is 1. The number of hydrogen-bond donors (Lipinski definition) is 1. The van der Waals surface area contributed by atoms with Crippen molar-refractivity contribution in [1.82, 2.24) is 15.3 Å². The highest BCUT2D eigenvalue weighted by atomic mass is 32.2. The zero-order valence-electron chi connectivity index (χ0n) is 16.4. The molecule has 1 aromatic heterocycles. The molecule has 4 rings (SSSR count). The molecule has 3 aromatic rings. The maximum Gasteiger partial charge on any atom is 0.289 e. The number of para-hydroxylation sites is 1. The number of amides is 1. The summed E-state index contributed by atoms with van der Waals surface area (Å²) >= 11 is 1.72. The van der Waals surface area contributed by atoms with E-state index in [0.717, 1.165) is 36.2 Å². The quantitative estimate of drug-likeness (QED) is 0.632. The van der Waals surface area contributed by atoms with Gasteiger partial charge in [0.05, 0.1) is 18.7 Å². The van der Waals surface area contributed by atoms with E-state index in [0.29, 0.717) is 19.8 Å². The van der Waals surface area contributed by atoms with Gasteiger partial charge in [0.1, 0.15) is 5.82 Å². The van der Waals surface area contributed by atoms with Crippen LogP contribution in [0.1, 0.15) is 16.2 Å². The molecular weight excluding hydrogens is 384 g/mol. The molecule has 1 aliphatic rings. The number of benzene rings is 2. The summed E-state index contributed by atoms with van der Waals surface area (Å²) in [6, 6.07) is 16.2. The number of aromatic nitrogens is 2. The van der Waals surface area contributed by atoms with E-state index in [2.05, 4.69) is 50.7 Å². The Morgan fingerprint density at radius 3 is 2.62 bits per heavy atom. The zero-order valence-corrected chi connectivity index (χ0v) is 17.2. The Morgan fingerprint density at radius 2 is 1.86 bits per heavy atom. The second kappa shape index (κ2) is 9.24. The predicted molar refractivity (Wildman–Crippen MR) is 117 cm³/mol. The largest absolute Gasteiger partial charge is 0.378 e. The summed E-state index contributed by atoms with van der Waals surface area (Å²) in [4.78, 5) is 25.2. The summed E-state index contributed by atoms with van der Waals surface area (Å²) in [6.45, 7) is 3.38. The SMILES string of the molecule is CSc1ccc(CCNC(=O)c2nc(N3CCOCC3)c3ccccc3n2)cc1. The van der Waals surface area contributed by atoms with Crippen molar-refractivity contribution in [1.29, 1.82) is 0 Å². The van der Waals surface area contributed by atoms with Crippen LogP contribution in [0.25, 0.3) is 10.9 Å². The minimum atomic E-state index is -0.244. The van der Waals surface area contributed by atoms with E-state index in [9.17, 15) is 4.79 Å². The highest BCUT2D eigenvalue weighted by Crippen LogP contribution is 2.24. The van der Waals surface area contributed by atoms with Gasteiger partial charge in [-0.1, -0.05) is 24.3 Å². The van der Waals surface area contributed by atoms with Gasteiger partial charge in [-0.05, 0) is 42.5 Å². The monoisotopic (exact) mass is 408 g/mol. The van der Waals surface area contributed by atoms with Gasteiger partial charge in [0, 0.05) is 29.9 Å². The van der Waals surface area contributed by atoms with Gasteiger partial charge in [-0.25, -0.2) is 9.97 Å². The van der Waals surface area contributed by atoms with Crippen LogP contribution in [-0.2, 0) is 11.2 Å². The standard InChI is InChI=1S/C22H24N4O2S/c1-29-17-8-6-16(7-9-17)10-11-23-22(27)20-24-19-5-3-2-4-18(19)21(25-20)26-12-14-28-15-13-26/h2-9H,10-15H2,1H3,(H,23,27). The molecule has 0 saturated carbocycles. The van der Waals surface area contributed by atoms with E-state index in [1.165, 1.54) is 10.5 Å². The van der Waals surface area contributed by atoms with Gasteiger partial charge in [0.25, 0.3) is 5.91 Å². The molecule has 1 amide bonds. The molecule has 2 heterocycles. The highest BCUT2D eigenvalue weighted by molar-refractivity contribution is 7.98. The summed E-state index contributed by atoms with van der Waals surface area (Å²) < 4.78 is 5.45. The predicted octanol–water partition coefficient (Wildman–Crippen LogP) is 3.16. The van der Waals surface area contributed by atoms with E-state index in [1.807, 2.05) is 24.3 Å². The first-order valence-electron chi connectivity index (χ1n) is 9.75. The number of carbonyl (C=O) groups is 1. The van der Waals surface area contributed by atoms with Gasteiger partial charge in [-0.3, -0.25) is 4.79 Å². The smallest absolute Gasteiger partial charge is 0.289 e. The van der Waals surface area contributed by atoms with Gasteiger partial charge in [-0.2, -0.15) is 0 Å². The number of thioether (sulfide) groups is 1. The maximum atomic E-state index is 12.7. The summed E-state index contributed by atoms with van der Waals surface area (Å²) in [7, 11) is 0. The average Bonchev–Trinajstić information content (AvgIpc) is 2.79. The minimum Gasteiger partial charge on any atom is -0.378 e. The van der Waals surface area contributed by atoms with Gasteiger partial charge in [0.2, 0.25) is 5.82 Å².